The van der Waals surface area contributed by atoms with Gasteiger partial charge in [0.1, 0.15) is 0 Å². The number of hydrogen-bond acceptors (Lipinski definition) is 4. The first-order chi connectivity index (χ1) is 11.6. The van der Waals surface area contributed by atoms with Crippen LogP contribution in [0.2, 0.25) is 0 Å². The Morgan fingerprint density at radius 1 is 1.00 bits per heavy atom. The summed E-state index contributed by atoms with van der Waals surface area (Å²) in [5.74, 6) is 0. The molecule has 0 amide bonds. The second-order valence-electron chi connectivity index (χ2n) is 4.01. The van der Waals surface area contributed by atoms with E-state index in [2.05, 4.69) is 13.0 Å². The molecule has 4 nitrogen and oxygen atoms in total. The minimum absolute atomic E-state index is 0.233. The Labute approximate surface area is 149 Å². The van der Waals surface area contributed by atoms with Gasteiger partial charge in [-0.05, 0) is 36.6 Å². The highest BCUT2D eigenvalue weighted by Gasteiger charge is 2.07. The third-order valence-corrected chi connectivity index (χ3v) is 3.85. The standard InChI is InChI=1S/C9H9N.C6H7NO2S.2C2H6/c1-2-8-3-5-9(7-10)6-4-8;1-2-5-3-4-6(10-5)7(8)9;2*1-2/h3-6H,2H2,1H3;3-4H,2H2,1H3;2*1-2H3. The highest BCUT2D eigenvalue weighted by Crippen LogP contribution is 2.23. The molecule has 0 fully saturated rings. The summed E-state index contributed by atoms with van der Waals surface area (Å²) in [4.78, 5) is 10.9. The lowest BCUT2D eigenvalue weighted by Gasteiger charge is -1.92. The summed E-state index contributed by atoms with van der Waals surface area (Å²) in [5, 5.41) is 18.8. The summed E-state index contributed by atoms with van der Waals surface area (Å²) in [6.07, 6.45) is 1.91. The van der Waals surface area contributed by atoms with Gasteiger partial charge >= 0.3 is 5.00 Å². The van der Waals surface area contributed by atoms with Crippen molar-refractivity contribution in [3.05, 3.63) is 62.5 Å². The minimum atomic E-state index is -0.357. The molecule has 1 aromatic heterocycles. The first-order valence-corrected chi connectivity index (χ1v) is 9.14. The van der Waals surface area contributed by atoms with E-state index in [1.807, 2.05) is 58.9 Å². The van der Waals surface area contributed by atoms with E-state index in [9.17, 15) is 10.1 Å². The first-order valence-electron chi connectivity index (χ1n) is 8.32. The second-order valence-corrected chi connectivity index (χ2v) is 5.16. The van der Waals surface area contributed by atoms with Crippen LogP contribution >= 0.6 is 11.3 Å². The van der Waals surface area contributed by atoms with Gasteiger partial charge in [-0.15, -0.1) is 0 Å². The van der Waals surface area contributed by atoms with Gasteiger partial charge in [0.25, 0.3) is 0 Å². The number of benzene rings is 1. The van der Waals surface area contributed by atoms with Crippen molar-refractivity contribution in [1.29, 1.82) is 5.26 Å². The van der Waals surface area contributed by atoms with Gasteiger partial charge in [0.15, 0.2) is 0 Å². The van der Waals surface area contributed by atoms with Gasteiger partial charge in [-0.3, -0.25) is 10.1 Å². The number of nitrogens with zero attached hydrogens (tertiary/aromatic N) is 2. The number of thiophene rings is 1. The average Bonchev–Trinajstić information content (AvgIpc) is 3.15. The molecular weight excluding hydrogens is 320 g/mol. The maximum absolute atomic E-state index is 10.1. The van der Waals surface area contributed by atoms with E-state index in [0.717, 1.165) is 23.3 Å². The molecule has 24 heavy (non-hydrogen) atoms. The van der Waals surface area contributed by atoms with E-state index in [-0.39, 0.29) is 9.92 Å². The lowest BCUT2D eigenvalue weighted by Crippen LogP contribution is -1.80. The van der Waals surface area contributed by atoms with Crippen LogP contribution in [0.25, 0.3) is 0 Å². The molecule has 0 aliphatic heterocycles. The molecule has 5 heteroatoms. The van der Waals surface area contributed by atoms with Gasteiger partial charge in [-0.25, -0.2) is 0 Å². The summed E-state index contributed by atoms with van der Waals surface area (Å²) in [7, 11) is 0. The van der Waals surface area contributed by atoms with E-state index in [0.29, 0.717) is 0 Å². The van der Waals surface area contributed by atoms with Gasteiger partial charge in [-0.1, -0.05) is 65.0 Å². The molecule has 0 aliphatic rings. The molecule has 0 radical (unpaired) electrons. The molecule has 0 spiro atoms. The molecule has 0 saturated heterocycles. The van der Waals surface area contributed by atoms with Crippen molar-refractivity contribution in [2.45, 2.75) is 54.4 Å². The van der Waals surface area contributed by atoms with Crippen LogP contribution in [0.4, 0.5) is 5.00 Å². The number of nitriles is 1. The topological polar surface area (TPSA) is 66.9 Å². The lowest BCUT2D eigenvalue weighted by atomic mass is 10.1. The largest absolute Gasteiger partial charge is 0.324 e. The van der Waals surface area contributed by atoms with Gasteiger partial charge in [-0.2, -0.15) is 5.26 Å². The molecule has 0 aliphatic carbocycles. The molecule has 0 bridgehead atoms. The number of nitro groups is 1. The Morgan fingerprint density at radius 2 is 1.54 bits per heavy atom. The normalized spacial score (nSPS) is 8.21. The highest BCUT2D eigenvalue weighted by atomic mass is 32.1. The lowest BCUT2D eigenvalue weighted by molar-refractivity contribution is -0.380. The highest BCUT2D eigenvalue weighted by molar-refractivity contribution is 7.15. The molecule has 0 N–H and O–H groups in total. The Kier molecular flexibility index (Phi) is 15.7. The second kappa shape index (κ2) is 15.7. The Morgan fingerprint density at radius 3 is 1.83 bits per heavy atom. The van der Waals surface area contributed by atoms with Crippen molar-refractivity contribution in [3.8, 4) is 6.07 Å². The SMILES string of the molecule is CC.CC.CCc1ccc(C#N)cc1.CCc1ccc([N+](=O)[O-])s1. The smallest absolute Gasteiger partial charge is 0.258 e. The fourth-order valence-electron chi connectivity index (χ4n) is 1.47. The van der Waals surface area contributed by atoms with Gasteiger partial charge in [0, 0.05) is 10.9 Å². The first kappa shape index (κ1) is 24.1. The quantitative estimate of drug-likeness (QED) is 0.476. The summed E-state index contributed by atoms with van der Waals surface area (Å²) >= 11 is 1.24. The van der Waals surface area contributed by atoms with E-state index in [1.165, 1.54) is 16.9 Å². The molecule has 1 aromatic carbocycles. The molecule has 2 rings (SSSR count). The fourth-order valence-corrected chi connectivity index (χ4v) is 2.23. The zero-order valence-electron chi connectivity index (χ0n) is 15.5. The van der Waals surface area contributed by atoms with Crippen molar-refractivity contribution in [2.24, 2.45) is 0 Å². The van der Waals surface area contributed by atoms with E-state index in [1.54, 1.807) is 12.1 Å². The zero-order chi connectivity index (χ0) is 19.0. The van der Waals surface area contributed by atoms with Crippen molar-refractivity contribution in [1.82, 2.24) is 0 Å². The fraction of sp³-hybridized carbons (Fsp3) is 0.421. The molecule has 0 unspecified atom stereocenters. The maximum Gasteiger partial charge on any atom is 0.324 e. The molecule has 1 heterocycles. The van der Waals surface area contributed by atoms with Crippen molar-refractivity contribution >= 4 is 16.3 Å². The van der Waals surface area contributed by atoms with E-state index in [4.69, 9.17) is 5.26 Å². The van der Waals surface area contributed by atoms with E-state index >= 15 is 0 Å². The predicted octanol–water partition coefficient (Wildman–Crippen LogP) is 6.39. The Hall–Kier alpha value is -2.19. The molecule has 0 atom stereocenters. The summed E-state index contributed by atoms with van der Waals surface area (Å²) in [6.45, 7) is 12.1. The Bertz CT molecular complexity index is 599. The average molecular weight is 349 g/mol. The maximum atomic E-state index is 10.1. The number of aryl methyl sites for hydroxylation is 2. The molecule has 132 valence electrons. The van der Waals surface area contributed by atoms with Crippen LogP contribution in [0.1, 0.15) is 57.5 Å². The monoisotopic (exact) mass is 348 g/mol. The summed E-state index contributed by atoms with van der Waals surface area (Å²) < 4.78 is 0. The van der Waals surface area contributed by atoms with E-state index < -0.39 is 0 Å². The van der Waals surface area contributed by atoms with Crippen molar-refractivity contribution < 1.29 is 4.92 Å². The summed E-state index contributed by atoms with van der Waals surface area (Å²) in [6, 6.07) is 13.1. The number of rotatable bonds is 3. The van der Waals surface area contributed by atoms with Crippen LogP contribution < -0.4 is 0 Å². The van der Waals surface area contributed by atoms with Crippen LogP contribution in [0, 0.1) is 21.4 Å². The predicted molar refractivity (Wildman–Crippen MR) is 104 cm³/mol. The Balaban J connectivity index is 0. The molecule has 2 aromatic rings. The summed E-state index contributed by atoms with van der Waals surface area (Å²) in [5.41, 5.74) is 2.01. The number of hydrogen-bond donors (Lipinski definition) is 0. The van der Waals surface area contributed by atoms with Crippen LogP contribution in [-0.4, -0.2) is 4.92 Å². The molecular formula is C19H28N2O2S. The van der Waals surface area contributed by atoms with Crippen molar-refractivity contribution in [3.63, 3.8) is 0 Å². The van der Waals surface area contributed by atoms with Gasteiger partial charge < -0.3 is 0 Å². The molecule has 0 saturated carbocycles. The third kappa shape index (κ3) is 9.75. The van der Waals surface area contributed by atoms with Crippen molar-refractivity contribution in [2.75, 3.05) is 0 Å². The van der Waals surface area contributed by atoms with Gasteiger partial charge in [0.2, 0.25) is 0 Å². The van der Waals surface area contributed by atoms with Crippen LogP contribution in [0.5, 0.6) is 0 Å². The third-order valence-electron chi connectivity index (χ3n) is 2.67. The van der Waals surface area contributed by atoms with Crippen LogP contribution in [0.15, 0.2) is 36.4 Å². The van der Waals surface area contributed by atoms with Crippen LogP contribution in [0.3, 0.4) is 0 Å². The van der Waals surface area contributed by atoms with Crippen LogP contribution in [-0.2, 0) is 12.8 Å². The van der Waals surface area contributed by atoms with Gasteiger partial charge in [0.05, 0.1) is 16.6 Å². The minimum Gasteiger partial charge on any atom is -0.258 e. The zero-order valence-corrected chi connectivity index (χ0v) is 16.3.